The summed E-state index contributed by atoms with van der Waals surface area (Å²) in [6.45, 7) is 8.61. The van der Waals surface area contributed by atoms with Crippen molar-refractivity contribution in [2.45, 2.75) is 71.4 Å². The van der Waals surface area contributed by atoms with Crippen molar-refractivity contribution in [3.05, 3.63) is 0 Å². The molecule has 1 aliphatic rings. The maximum atomic E-state index is 11.9. The molecule has 0 aromatic carbocycles. The van der Waals surface area contributed by atoms with Crippen LogP contribution in [0, 0.1) is 0 Å². The zero-order valence-electron chi connectivity index (χ0n) is 9.97. The fourth-order valence-corrected chi connectivity index (χ4v) is 2.47. The lowest BCUT2D eigenvalue weighted by molar-refractivity contribution is -0.142. The monoisotopic (exact) mass is 197 g/mol. The standard InChI is InChI=1S/C12H23NO/c1-5-7-10-8-6-9-11(14)13(10)12(2,3)4/h10H,5-9H2,1-4H3. The second-order valence-electron chi connectivity index (χ2n) is 5.27. The van der Waals surface area contributed by atoms with Crippen molar-refractivity contribution in [3.63, 3.8) is 0 Å². The second kappa shape index (κ2) is 4.33. The molecule has 0 saturated carbocycles. The molecule has 1 aliphatic heterocycles. The normalized spacial score (nSPS) is 24.1. The average molecular weight is 197 g/mol. The molecular weight excluding hydrogens is 174 g/mol. The number of likely N-dealkylation sites (tertiary alicyclic amines) is 1. The van der Waals surface area contributed by atoms with Crippen LogP contribution in [0.15, 0.2) is 0 Å². The van der Waals surface area contributed by atoms with E-state index in [9.17, 15) is 4.79 Å². The first-order valence-corrected chi connectivity index (χ1v) is 5.79. The Balaban J connectivity index is 2.76. The van der Waals surface area contributed by atoms with Crippen LogP contribution in [-0.4, -0.2) is 22.4 Å². The molecule has 0 aliphatic carbocycles. The van der Waals surface area contributed by atoms with Gasteiger partial charge >= 0.3 is 0 Å². The minimum absolute atomic E-state index is 0.00264. The lowest BCUT2D eigenvalue weighted by atomic mass is 9.92. The largest absolute Gasteiger partial charge is 0.335 e. The van der Waals surface area contributed by atoms with Gasteiger partial charge in [0.2, 0.25) is 5.91 Å². The Labute approximate surface area is 87.7 Å². The van der Waals surface area contributed by atoms with Gasteiger partial charge in [0, 0.05) is 18.0 Å². The highest BCUT2D eigenvalue weighted by molar-refractivity contribution is 5.78. The molecule has 0 radical (unpaired) electrons. The molecule has 0 aromatic heterocycles. The van der Waals surface area contributed by atoms with E-state index in [0.29, 0.717) is 11.9 Å². The van der Waals surface area contributed by atoms with Gasteiger partial charge in [-0.25, -0.2) is 0 Å². The number of carbonyl (C=O) groups excluding carboxylic acids is 1. The van der Waals surface area contributed by atoms with Gasteiger partial charge in [-0.1, -0.05) is 13.3 Å². The molecule has 1 saturated heterocycles. The number of rotatable bonds is 2. The minimum atomic E-state index is -0.00264. The van der Waals surface area contributed by atoms with Crippen molar-refractivity contribution in [3.8, 4) is 0 Å². The number of hydrogen-bond acceptors (Lipinski definition) is 1. The number of nitrogens with zero attached hydrogens (tertiary/aromatic N) is 1. The summed E-state index contributed by atoms with van der Waals surface area (Å²) in [6, 6.07) is 0.487. The van der Waals surface area contributed by atoms with E-state index in [-0.39, 0.29) is 5.54 Å². The first-order valence-electron chi connectivity index (χ1n) is 5.79. The van der Waals surface area contributed by atoms with Gasteiger partial charge in [-0.3, -0.25) is 4.79 Å². The fourth-order valence-electron chi connectivity index (χ4n) is 2.47. The molecule has 2 nitrogen and oxygen atoms in total. The van der Waals surface area contributed by atoms with Crippen molar-refractivity contribution in [2.75, 3.05) is 0 Å². The highest BCUT2D eigenvalue weighted by Gasteiger charge is 2.34. The van der Waals surface area contributed by atoms with Crippen LogP contribution >= 0.6 is 0 Å². The van der Waals surface area contributed by atoms with E-state index >= 15 is 0 Å². The van der Waals surface area contributed by atoms with E-state index in [1.54, 1.807) is 0 Å². The van der Waals surface area contributed by atoms with Crippen LogP contribution in [0.25, 0.3) is 0 Å². The van der Waals surface area contributed by atoms with Crippen LogP contribution in [0.5, 0.6) is 0 Å². The molecule has 1 rings (SSSR count). The Kier molecular flexibility index (Phi) is 3.57. The first-order chi connectivity index (χ1) is 6.46. The number of hydrogen-bond donors (Lipinski definition) is 0. The molecule has 1 heterocycles. The Morgan fingerprint density at radius 1 is 1.43 bits per heavy atom. The average Bonchev–Trinajstić information content (AvgIpc) is 2.02. The predicted octanol–water partition coefficient (Wildman–Crippen LogP) is 2.97. The van der Waals surface area contributed by atoms with Crippen molar-refractivity contribution >= 4 is 5.91 Å². The summed E-state index contributed by atoms with van der Waals surface area (Å²) < 4.78 is 0. The van der Waals surface area contributed by atoms with E-state index in [4.69, 9.17) is 0 Å². The lowest BCUT2D eigenvalue weighted by Crippen LogP contribution is -2.53. The summed E-state index contributed by atoms with van der Waals surface area (Å²) in [6.07, 6.45) is 5.35. The van der Waals surface area contributed by atoms with E-state index in [0.717, 1.165) is 19.3 Å². The molecule has 82 valence electrons. The Bertz CT molecular complexity index is 203. The summed E-state index contributed by atoms with van der Waals surface area (Å²) in [5.41, 5.74) is -0.00264. The van der Waals surface area contributed by atoms with Crippen LogP contribution in [0.4, 0.5) is 0 Å². The van der Waals surface area contributed by atoms with Crippen LogP contribution < -0.4 is 0 Å². The van der Waals surface area contributed by atoms with Gasteiger partial charge in [-0.2, -0.15) is 0 Å². The van der Waals surface area contributed by atoms with Crippen LogP contribution in [0.3, 0.4) is 0 Å². The van der Waals surface area contributed by atoms with Gasteiger partial charge in [0.15, 0.2) is 0 Å². The quantitative estimate of drug-likeness (QED) is 0.666. The molecule has 14 heavy (non-hydrogen) atoms. The maximum absolute atomic E-state index is 11.9. The summed E-state index contributed by atoms with van der Waals surface area (Å²) in [7, 11) is 0. The first kappa shape index (κ1) is 11.5. The molecular formula is C12H23NO. The smallest absolute Gasteiger partial charge is 0.223 e. The lowest BCUT2D eigenvalue weighted by Gasteiger charge is -2.44. The van der Waals surface area contributed by atoms with Crippen molar-refractivity contribution in [1.29, 1.82) is 0 Å². The van der Waals surface area contributed by atoms with Gasteiger partial charge < -0.3 is 4.90 Å². The summed E-state index contributed by atoms with van der Waals surface area (Å²) >= 11 is 0. The molecule has 0 spiro atoms. The van der Waals surface area contributed by atoms with Crippen molar-refractivity contribution in [2.24, 2.45) is 0 Å². The molecule has 1 atom stereocenters. The van der Waals surface area contributed by atoms with E-state index in [1.165, 1.54) is 12.8 Å². The molecule has 1 fully saturated rings. The van der Waals surface area contributed by atoms with Crippen LogP contribution in [-0.2, 0) is 4.79 Å². The predicted molar refractivity (Wildman–Crippen MR) is 59.1 cm³/mol. The van der Waals surface area contributed by atoms with Gasteiger partial charge in [0.25, 0.3) is 0 Å². The van der Waals surface area contributed by atoms with E-state index < -0.39 is 0 Å². The van der Waals surface area contributed by atoms with Gasteiger partial charge in [0.1, 0.15) is 0 Å². The SMILES string of the molecule is CCCC1CCCC(=O)N1C(C)(C)C. The van der Waals surface area contributed by atoms with Gasteiger partial charge in [-0.15, -0.1) is 0 Å². The van der Waals surface area contributed by atoms with E-state index in [2.05, 4.69) is 32.6 Å². The van der Waals surface area contributed by atoms with Crippen LogP contribution in [0.1, 0.15) is 59.8 Å². The Morgan fingerprint density at radius 3 is 2.57 bits per heavy atom. The zero-order chi connectivity index (χ0) is 10.8. The third kappa shape index (κ3) is 2.49. The molecule has 2 heteroatoms. The Morgan fingerprint density at radius 2 is 2.07 bits per heavy atom. The minimum Gasteiger partial charge on any atom is -0.335 e. The number of amides is 1. The number of piperidine rings is 1. The molecule has 1 amide bonds. The van der Waals surface area contributed by atoms with Crippen molar-refractivity contribution in [1.82, 2.24) is 4.90 Å². The van der Waals surface area contributed by atoms with Crippen LogP contribution in [0.2, 0.25) is 0 Å². The zero-order valence-corrected chi connectivity index (χ0v) is 9.97. The summed E-state index contributed by atoms with van der Waals surface area (Å²) in [5, 5.41) is 0. The topological polar surface area (TPSA) is 20.3 Å². The maximum Gasteiger partial charge on any atom is 0.223 e. The number of carbonyl (C=O) groups is 1. The summed E-state index contributed by atoms with van der Waals surface area (Å²) in [4.78, 5) is 14.0. The molecule has 0 N–H and O–H groups in total. The molecule has 0 aromatic rings. The van der Waals surface area contributed by atoms with Crippen molar-refractivity contribution < 1.29 is 4.79 Å². The fraction of sp³-hybridized carbons (Fsp3) is 0.917. The highest BCUT2D eigenvalue weighted by atomic mass is 16.2. The second-order valence-corrected chi connectivity index (χ2v) is 5.27. The molecule has 0 bridgehead atoms. The summed E-state index contributed by atoms with van der Waals surface area (Å²) in [5.74, 6) is 0.349. The molecule has 1 unspecified atom stereocenters. The van der Waals surface area contributed by atoms with Gasteiger partial charge in [0.05, 0.1) is 0 Å². The Hall–Kier alpha value is -0.530. The third-order valence-corrected chi connectivity index (χ3v) is 2.91. The van der Waals surface area contributed by atoms with Gasteiger partial charge in [-0.05, 0) is 40.0 Å². The third-order valence-electron chi connectivity index (χ3n) is 2.91. The van der Waals surface area contributed by atoms with E-state index in [1.807, 2.05) is 0 Å². The highest BCUT2D eigenvalue weighted by Crippen LogP contribution is 2.28.